The average Bonchev–Trinajstić information content (AvgIpc) is 2.88. The zero-order chi connectivity index (χ0) is 24.8. The topological polar surface area (TPSA) is 84.9 Å². The SMILES string of the molecule is COc1ccc(C)cc1CC(=O)[C@@H](Nc1cccc(S(=O)(=O)N2CCOCC2)c1)c1ccccc1. The van der Waals surface area contributed by atoms with Crippen LogP contribution in [0.15, 0.2) is 77.7 Å². The number of ketones is 1. The molecule has 0 unspecified atom stereocenters. The van der Waals surface area contributed by atoms with Gasteiger partial charge in [0.25, 0.3) is 0 Å². The minimum atomic E-state index is -3.66. The highest BCUT2D eigenvalue weighted by atomic mass is 32.2. The van der Waals surface area contributed by atoms with E-state index in [4.69, 9.17) is 9.47 Å². The highest BCUT2D eigenvalue weighted by molar-refractivity contribution is 7.89. The molecule has 1 heterocycles. The standard InChI is InChI=1S/C27H30N2O5S/c1-20-11-12-26(33-2)22(17-20)18-25(30)27(21-7-4-3-5-8-21)28-23-9-6-10-24(19-23)35(31,32)29-13-15-34-16-14-29/h3-12,17,19,27-28H,13-16,18H2,1-2H3/t27-/m0/s1. The fourth-order valence-corrected chi connectivity index (χ4v) is 5.63. The van der Waals surface area contributed by atoms with Crippen molar-refractivity contribution >= 4 is 21.5 Å². The van der Waals surface area contributed by atoms with Crippen LogP contribution in [0.4, 0.5) is 5.69 Å². The van der Waals surface area contributed by atoms with Crippen LogP contribution in [0.25, 0.3) is 0 Å². The van der Waals surface area contributed by atoms with E-state index in [2.05, 4.69) is 5.32 Å². The van der Waals surface area contributed by atoms with Crippen LogP contribution in [0, 0.1) is 6.92 Å². The second kappa shape index (κ2) is 11.0. The first kappa shape index (κ1) is 24.9. The summed E-state index contributed by atoms with van der Waals surface area (Å²) in [6, 6.07) is 21.1. The monoisotopic (exact) mass is 494 g/mol. The molecule has 0 aromatic heterocycles. The summed E-state index contributed by atoms with van der Waals surface area (Å²) < 4.78 is 38.5. The van der Waals surface area contributed by atoms with Gasteiger partial charge in [0.2, 0.25) is 10.0 Å². The Balaban J connectivity index is 1.62. The fraction of sp³-hybridized carbons (Fsp3) is 0.296. The van der Waals surface area contributed by atoms with Gasteiger partial charge < -0.3 is 14.8 Å². The van der Waals surface area contributed by atoms with Gasteiger partial charge in [-0.15, -0.1) is 0 Å². The molecular weight excluding hydrogens is 464 g/mol. The summed E-state index contributed by atoms with van der Waals surface area (Å²) in [7, 11) is -2.07. The van der Waals surface area contributed by atoms with Gasteiger partial charge in [0.15, 0.2) is 5.78 Å². The molecule has 1 aliphatic heterocycles. The number of rotatable bonds is 9. The third-order valence-corrected chi connectivity index (χ3v) is 7.90. The van der Waals surface area contributed by atoms with Crippen LogP contribution >= 0.6 is 0 Å². The van der Waals surface area contributed by atoms with Crippen molar-refractivity contribution in [3.05, 3.63) is 89.5 Å². The lowest BCUT2D eigenvalue weighted by molar-refractivity contribution is -0.119. The number of benzene rings is 3. The second-order valence-corrected chi connectivity index (χ2v) is 10.4. The highest BCUT2D eigenvalue weighted by Crippen LogP contribution is 2.28. The molecule has 0 aliphatic carbocycles. The molecule has 0 radical (unpaired) electrons. The number of hydrogen-bond acceptors (Lipinski definition) is 6. The van der Waals surface area contributed by atoms with Gasteiger partial charge in [-0.2, -0.15) is 4.31 Å². The van der Waals surface area contributed by atoms with E-state index in [1.165, 1.54) is 4.31 Å². The molecule has 7 nitrogen and oxygen atoms in total. The molecule has 3 aromatic carbocycles. The molecule has 8 heteroatoms. The van der Waals surface area contributed by atoms with E-state index in [1.54, 1.807) is 31.4 Å². The van der Waals surface area contributed by atoms with Crippen LogP contribution in [-0.4, -0.2) is 51.9 Å². The molecule has 184 valence electrons. The smallest absolute Gasteiger partial charge is 0.243 e. The molecule has 0 amide bonds. The number of carbonyl (C=O) groups excluding carboxylic acids is 1. The van der Waals surface area contributed by atoms with E-state index in [9.17, 15) is 13.2 Å². The third-order valence-electron chi connectivity index (χ3n) is 6.01. The zero-order valence-corrected chi connectivity index (χ0v) is 20.8. The molecule has 1 saturated heterocycles. The number of nitrogens with one attached hydrogen (secondary N) is 1. The number of hydrogen-bond donors (Lipinski definition) is 1. The molecule has 0 bridgehead atoms. The number of nitrogens with zero attached hydrogens (tertiary/aromatic N) is 1. The maximum Gasteiger partial charge on any atom is 0.243 e. The minimum absolute atomic E-state index is 0.0541. The molecule has 3 aromatic rings. The van der Waals surface area contributed by atoms with Crippen LogP contribution in [-0.2, 0) is 26.0 Å². The van der Waals surface area contributed by atoms with Crippen LogP contribution in [0.1, 0.15) is 22.7 Å². The Morgan fingerprint density at radius 1 is 1.03 bits per heavy atom. The van der Waals surface area contributed by atoms with Gasteiger partial charge in [-0.1, -0.05) is 54.1 Å². The van der Waals surface area contributed by atoms with Crippen molar-refractivity contribution in [2.45, 2.75) is 24.3 Å². The summed E-state index contributed by atoms with van der Waals surface area (Å²) >= 11 is 0. The van der Waals surface area contributed by atoms with Gasteiger partial charge in [0.05, 0.1) is 25.2 Å². The normalized spacial score (nSPS) is 15.4. The molecule has 1 N–H and O–H groups in total. The van der Waals surface area contributed by atoms with Gasteiger partial charge in [0, 0.05) is 30.8 Å². The van der Waals surface area contributed by atoms with Crippen molar-refractivity contribution in [2.24, 2.45) is 0 Å². The summed E-state index contributed by atoms with van der Waals surface area (Å²) in [5.41, 5.74) is 3.20. The third kappa shape index (κ3) is 5.90. The Hall–Kier alpha value is -3.20. The van der Waals surface area contributed by atoms with Gasteiger partial charge in [0.1, 0.15) is 11.8 Å². The van der Waals surface area contributed by atoms with E-state index >= 15 is 0 Å². The summed E-state index contributed by atoms with van der Waals surface area (Å²) in [6.45, 7) is 3.38. The summed E-state index contributed by atoms with van der Waals surface area (Å²) in [5.74, 6) is 0.607. The fourth-order valence-electron chi connectivity index (χ4n) is 4.18. The van der Waals surface area contributed by atoms with E-state index in [-0.39, 0.29) is 17.1 Å². The average molecular weight is 495 g/mol. The van der Waals surface area contributed by atoms with Crippen LogP contribution < -0.4 is 10.1 Å². The summed E-state index contributed by atoms with van der Waals surface area (Å²) in [4.78, 5) is 13.8. The Kier molecular flexibility index (Phi) is 7.85. The number of morpholine rings is 1. The largest absolute Gasteiger partial charge is 0.496 e. The molecule has 1 aliphatic rings. The maximum absolute atomic E-state index is 13.6. The van der Waals surface area contributed by atoms with Crippen molar-refractivity contribution in [3.8, 4) is 5.75 Å². The molecule has 0 spiro atoms. The first-order valence-electron chi connectivity index (χ1n) is 11.5. The molecule has 1 fully saturated rings. The van der Waals surface area contributed by atoms with Crippen LogP contribution in [0.2, 0.25) is 0 Å². The highest BCUT2D eigenvalue weighted by Gasteiger charge is 2.27. The van der Waals surface area contributed by atoms with E-state index in [1.807, 2.05) is 55.5 Å². The first-order chi connectivity index (χ1) is 16.9. The molecule has 0 saturated carbocycles. The maximum atomic E-state index is 13.6. The van der Waals surface area contributed by atoms with Crippen molar-refractivity contribution in [3.63, 3.8) is 0 Å². The second-order valence-electron chi connectivity index (χ2n) is 8.49. The molecular formula is C27H30N2O5S. The van der Waals surface area contributed by atoms with Crippen molar-refractivity contribution in [1.29, 1.82) is 0 Å². The lowest BCUT2D eigenvalue weighted by Crippen LogP contribution is -2.40. The number of aryl methyl sites for hydroxylation is 1. The Morgan fingerprint density at radius 3 is 2.49 bits per heavy atom. The van der Waals surface area contributed by atoms with Crippen molar-refractivity contribution < 1.29 is 22.7 Å². The number of ether oxygens (including phenoxy) is 2. The molecule has 1 atom stereocenters. The Bertz CT molecular complexity index is 1270. The zero-order valence-electron chi connectivity index (χ0n) is 19.9. The van der Waals surface area contributed by atoms with Gasteiger partial charge in [-0.25, -0.2) is 8.42 Å². The minimum Gasteiger partial charge on any atom is -0.496 e. The first-order valence-corrected chi connectivity index (χ1v) is 13.0. The number of sulfonamides is 1. The summed E-state index contributed by atoms with van der Waals surface area (Å²) in [6.07, 6.45) is 0.170. The van der Waals surface area contributed by atoms with Crippen molar-refractivity contribution in [2.75, 3.05) is 38.7 Å². The number of carbonyl (C=O) groups is 1. The predicted molar refractivity (Wildman–Crippen MR) is 135 cm³/mol. The van der Waals surface area contributed by atoms with Gasteiger partial charge in [-0.05, 0) is 36.8 Å². The van der Waals surface area contributed by atoms with E-state index in [0.717, 1.165) is 16.7 Å². The van der Waals surface area contributed by atoms with E-state index < -0.39 is 16.1 Å². The summed E-state index contributed by atoms with van der Waals surface area (Å²) in [5, 5.41) is 3.28. The lowest BCUT2D eigenvalue weighted by atomic mass is 9.96. The molecule has 35 heavy (non-hydrogen) atoms. The number of Topliss-reactive ketones (excluding diaryl/α,β-unsaturated/α-hetero) is 1. The van der Waals surface area contributed by atoms with Crippen molar-refractivity contribution in [1.82, 2.24) is 4.31 Å². The quantitative estimate of drug-likeness (QED) is 0.484. The van der Waals surface area contributed by atoms with Crippen LogP contribution in [0.5, 0.6) is 5.75 Å². The molecule has 4 rings (SSSR count). The van der Waals surface area contributed by atoms with Gasteiger partial charge in [-0.3, -0.25) is 4.79 Å². The van der Waals surface area contributed by atoms with Crippen LogP contribution in [0.3, 0.4) is 0 Å². The lowest BCUT2D eigenvalue weighted by Gasteiger charge is -2.26. The number of methoxy groups -OCH3 is 1. The Morgan fingerprint density at radius 2 is 1.77 bits per heavy atom. The Labute approximate surface area is 206 Å². The van der Waals surface area contributed by atoms with E-state index in [0.29, 0.717) is 37.7 Å². The predicted octanol–water partition coefficient (Wildman–Crippen LogP) is 3.99. The number of anilines is 1. The van der Waals surface area contributed by atoms with Gasteiger partial charge >= 0.3 is 0 Å².